The zero-order chi connectivity index (χ0) is 32.9. The van der Waals surface area contributed by atoms with E-state index in [-0.39, 0.29) is 40.1 Å². The summed E-state index contributed by atoms with van der Waals surface area (Å²) < 4.78 is 12.5. The third kappa shape index (κ3) is 11.3. The van der Waals surface area contributed by atoms with Crippen molar-refractivity contribution < 1.29 is 24.2 Å². The molecule has 1 saturated carbocycles. The van der Waals surface area contributed by atoms with Crippen LogP contribution >= 0.6 is 0 Å². The normalized spacial score (nSPS) is 27.3. The average Bonchev–Trinajstić information content (AvgIpc) is 2.95. The molecule has 4 unspecified atom stereocenters. The van der Waals surface area contributed by atoms with Crippen molar-refractivity contribution in [3.63, 3.8) is 0 Å². The van der Waals surface area contributed by atoms with Crippen LogP contribution in [0.25, 0.3) is 0 Å². The first-order chi connectivity index (χ1) is 19.7. The Labute approximate surface area is 266 Å². The molecule has 0 bridgehead atoms. The van der Waals surface area contributed by atoms with Gasteiger partial charge < -0.3 is 19.4 Å². The highest BCUT2D eigenvalue weighted by Crippen LogP contribution is 2.51. The van der Waals surface area contributed by atoms with E-state index in [0.717, 1.165) is 44.9 Å². The summed E-state index contributed by atoms with van der Waals surface area (Å²) in [5, 5.41) is 13.2. The van der Waals surface area contributed by atoms with Crippen molar-refractivity contribution >= 4 is 5.97 Å². The predicted molar refractivity (Wildman–Crippen MR) is 178 cm³/mol. The molecule has 0 aromatic carbocycles. The molecule has 6 nitrogen and oxygen atoms in total. The Morgan fingerprint density at radius 1 is 0.907 bits per heavy atom. The van der Waals surface area contributed by atoms with Crippen LogP contribution in [0.5, 0.6) is 0 Å². The van der Waals surface area contributed by atoms with Crippen LogP contribution in [0.3, 0.4) is 0 Å². The molecule has 1 heterocycles. The van der Waals surface area contributed by atoms with Crippen LogP contribution < -0.4 is 0 Å². The van der Waals surface area contributed by atoms with Crippen molar-refractivity contribution in [3.8, 4) is 0 Å². The number of ether oxygens (including phenoxy) is 2. The maximum absolute atomic E-state index is 12.9. The molecular formula is C37H71NO5. The van der Waals surface area contributed by atoms with Gasteiger partial charge in [0.2, 0.25) is 0 Å². The monoisotopic (exact) mass is 610 g/mol. The summed E-state index contributed by atoms with van der Waals surface area (Å²) >= 11 is 0. The summed E-state index contributed by atoms with van der Waals surface area (Å²) in [7, 11) is 1.75. The lowest BCUT2D eigenvalue weighted by atomic mass is 9.65. The molecule has 0 amide bonds. The van der Waals surface area contributed by atoms with Crippen LogP contribution in [0.2, 0.25) is 0 Å². The van der Waals surface area contributed by atoms with Crippen LogP contribution in [0, 0.1) is 28.1 Å². The van der Waals surface area contributed by atoms with Crippen LogP contribution in [0.15, 0.2) is 0 Å². The van der Waals surface area contributed by atoms with Crippen LogP contribution in [0.1, 0.15) is 160 Å². The first-order valence-electron chi connectivity index (χ1n) is 17.5. The number of hydrogen-bond acceptors (Lipinski definition) is 6. The molecule has 1 aliphatic heterocycles. The number of unbranched alkanes of at least 4 members (excludes halogenated alkanes) is 1. The minimum absolute atomic E-state index is 0.00377. The quantitative estimate of drug-likeness (QED) is 0.113. The van der Waals surface area contributed by atoms with Gasteiger partial charge in [0.25, 0.3) is 0 Å². The van der Waals surface area contributed by atoms with Gasteiger partial charge in [0.05, 0.1) is 25.9 Å². The molecule has 2 aliphatic rings. The van der Waals surface area contributed by atoms with Crippen LogP contribution in [-0.2, 0) is 19.1 Å². The number of aliphatic hydroxyl groups is 1. The number of carbonyl (C=O) groups excluding carboxylic acids is 1. The summed E-state index contributed by atoms with van der Waals surface area (Å²) in [5.74, 6) is 0.717. The molecule has 1 N–H and O–H groups in total. The number of aliphatic hydroxyl groups excluding tert-OH is 1. The van der Waals surface area contributed by atoms with Crippen LogP contribution in [0.4, 0.5) is 0 Å². The molecule has 1 saturated heterocycles. The summed E-state index contributed by atoms with van der Waals surface area (Å²) in [5.41, 5.74) is 0.182. The Bertz CT molecular complexity index is 843. The highest BCUT2D eigenvalue weighted by Gasteiger charge is 2.47. The van der Waals surface area contributed by atoms with Gasteiger partial charge in [0.1, 0.15) is 6.10 Å². The fraction of sp³-hybridized carbons (Fsp3) is 0.973. The zero-order valence-corrected chi connectivity index (χ0v) is 30.6. The predicted octanol–water partition coefficient (Wildman–Crippen LogP) is 9.12. The summed E-state index contributed by atoms with van der Waals surface area (Å²) in [6, 6.07) is 0. The minimum atomic E-state index is -0.500. The number of rotatable bonds is 15. The van der Waals surface area contributed by atoms with Gasteiger partial charge in [-0.05, 0) is 107 Å². The van der Waals surface area contributed by atoms with Crippen molar-refractivity contribution in [2.75, 3.05) is 13.7 Å². The molecule has 0 aromatic rings. The van der Waals surface area contributed by atoms with E-state index in [1.54, 1.807) is 7.11 Å². The summed E-state index contributed by atoms with van der Waals surface area (Å²) in [6.07, 6.45) is 10.9. The number of hydroxylamine groups is 2. The lowest BCUT2D eigenvalue weighted by Gasteiger charge is -2.53. The van der Waals surface area contributed by atoms with E-state index in [1.807, 2.05) is 0 Å². The van der Waals surface area contributed by atoms with E-state index in [9.17, 15) is 9.90 Å². The standard InChI is InChI=1S/C37H71NO5/c1-14-37(12,15-2)19-17-16-18-32(40)43-30-21-33(4,5)25-31(34(6,7)22-30)27(3)20-28(39)26-42-29-23-35(8,9)38(41-13)36(10,11)24-29/h27-31,39H,14-26H2,1-13H3. The molecule has 6 heteroatoms. The molecule has 1 aliphatic carbocycles. The number of esters is 1. The van der Waals surface area contributed by atoms with Crippen molar-refractivity contribution in [2.24, 2.45) is 28.1 Å². The molecule has 0 radical (unpaired) electrons. The largest absolute Gasteiger partial charge is 0.462 e. The second kappa shape index (κ2) is 15.3. The molecule has 2 rings (SSSR count). The lowest BCUT2D eigenvalue weighted by molar-refractivity contribution is -0.281. The van der Waals surface area contributed by atoms with Gasteiger partial charge >= 0.3 is 5.97 Å². The maximum atomic E-state index is 12.9. The van der Waals surface area contributed by atoms with Crippen molar-refractivity contribution in [1.82, 2.24) is 5.06 Å². The fourth-order valence-electron chi connectivity index (χ4n) is 8.80. The molecule has 0 spiro atoms. The number of piperidine rings is 1. The Balaban J connectivity index is 1.93. The van der Waals surface area contributed by atoms with Gasteiger partial charge in [0.15, 0.2) is 0 Å². The fourth-order valence-corrected chi connectivity index (χ4v) is 8.80. The molecular weight excluding hydrogens is 538 g/mol. The number of carbonyl (C=O) groups is 1. The van der Waals surface area contributed by atoms with Gasteiger partial charge in [-0.1, -0.05) is 74.7 Å². The van der Waals surface area contributed by atoms with Crippen molar-refractivity contribution in [1.29, 1.82) is 0 Å². The van der Waals surface area contributed by atoms with E-state index in [2.05, 4.69) is 88.1 Å². The van der Waals surface area contributed by atoms with E-state index >= 15 is 0 Å². The second-order valence-corrected chi connectivity index (χ2v) is 17.5. The molecule has 4 atom stereocenters. The van der Waals surface area contributed by atoms with Gasteiger partial charge in [0, 0.05) is 17.5 Å². The Kier molecular flexibility index (Phi) is 13.7. The highest BCUT2D eigenvalue weighted by atomic mass is 16.7. The highest BCUT2D eigenvalue weighted by molar-refractivity contribution is 5.69. The first-order valence-corrected chi connectivity index (χ1v) is 17.5. The minimum Gasteiger partial charge on any atom is -0.462 e. The smallest absolute Gasteiger partial charge is 0.306 e. The van der Waals surface area contributed by atoms with Crippen molar-refractivity contribution in [3.05, 3.63) is 0 Å². The third-order valence-electron chi connectivity index (χ3n) is 11.3. The van der Waals surface area contributed by atoms with Gasteiger partial charge in [-0.15, -0.1) is 0 Å². The third-order valence-corrected chi connectivity index (χ3v) is 11.3. The first kappa shape index (κ1) is 38.5. The Hall–Kier alpha value is -0.690. The average molecular weight is 610 g/mol. The van der Waals surface area contributed by atoms with E-state index in [1.165, 1.54) is 19.3 Å². The molecule has 43 heavy (non-hydrogen) atoms. The lowest BCUT2D eigenvalue weighted by Crippen LogP contribution is -2.61. The van der Waals surface area contributed by atoms with E-state index in [4.69, 9.17) is 14.3 Å². The van der Waals surface area contributed by atoms with Gasteiger partial charge in [-0.25, -0.2) is 0 Å². The second-order valence-electron chi connectivity index (χ2n) is 17.5. The number of nitrogens with zero attached hydrogens (tertiary/aromatic N) is 1. The Morgan fingerprint density at radius 2 is 1.49 bits per heavy atom. The zero-order valence-electron chi connectivity index (χ0n) is 30.6. The summed E-state index contributed by atoms with van der Waals surface area (Å²) in [4.78, 5) is 18.6. The van der Waals surface area contributed by atoms with Gasteiger partial charge in [-0.2, -0.15) is 5.06 Å². The van der Waals surface area contributed by atoms with E-state index in [0.29, 0.717) is 36.7 Å². The Morgan fingerprint density at radius 3 is 2.02 bits per heavy atom. The molecule has 2 fully saturated rings. The molecule has 254 valence electrons. The molecule has 0 aromatic heterocycles. The van der Waals surface area contributed by atoms with Gasteiger partial charge in [-0.3, -0.25) is 4.79 Å². The van der Waals surface area contributed by atoms with Crippen LogP contribution in [-0.4, -0.2) is 59.2 Å². The SMILES string of the molecule is CCC(C)(CC)CCCCC(=O)OC1CC(C)(C)CC(C(C)CC(O)COC2CC(C)(C)N(OC)C(C)(C)C2)C(C)(C)C1. The van der Waals surface area contributed by atoms with Crippen molar-refractivity contribution in [2.45, 2.75) is 190 Å². The number of hydrogen-bond donors (Lipinski definition) is 1. The topological polar surface area (TPSA) is 68.2 Å². The summed E-state index contributed by atoms with van der Waals surface area (Å²) in [6.45, 7) is 27.7. The van der Waals surface area contributed by atoms with E-state index < -0.39 is 6.10 Å². The maximum Gasteiger partial charge on any atom is 0.306 e.